The minimum atomic E-state index is -0.685. The van der Waals surface area contributed by atoms with E-state index in [9.17, 15) is 9.59 Å². The summed E-state index contributed by atoms with van der Waals surface area (Å²) in [6.45, 7) is -0.280. The molecule has 0 aliphatic carbocycles. The Morgan fingerprint density at radius 3 is 2.65 bits per heavy atom. The summed E-state index contributed by atoms with van der Waals surface area (Å²) in [6, 6.07) is 9.07. The van der Waals surface area contributed by atoms with Crippen LogP contribution >= 0.6 is 34.8 Å². The fraction of sp³-hybridized carbons (Fsp3) is 0.105. The van der Waals surface area contributed by atoms with Crippen LogP contribution < -0.4 is 15.4 Å². The van der Waals surface area contributed by atoms with Gasteiger partial charge in [0.25, 0.3) is 11.8 Å². The molecule has 0 unspecified atom stereocenters. The van der Waals surface area contributed by atoms with Crippen molar-refractivity contribution in [3.05, 3.63) is 62.9 Å². The Labute approximate surface area is 191 Å². The van der Waals surface area contributed by atoms with Crippen molar-refractivity contribution in [1.29, 1.82) is 5.26 Å². The molecule has 2 aromatic heterocycles. The van der Waals surface area contributed by atoms with Crippen LogP contribution in [0.2, 0.25) is 15.1 Å². The van der Waals surface area contributed by atoms with Crippen molar-refractivity contribution >= 4 is 52.3 Å². The first kappa shape index (κ1) is 22.4. The number of benzene rings is 1. The van der Waals surface area contributed by atoms with Crippen LogP contribution in [0, 0.1) is 11.3 Å². The van der Waals surface area contributed by atoms with E-state index in [1.54, 1.807) is 12.1 Å². The number of pyridine rings is 1. The number of aromatic nitrogens is 3. The highest BCUT2D eigenvalue weighted by Gasteiger charge is 2.23. The van der Waals surface area contributed by atoms with Crippen LogP contribution in [0.25, 0.3) is 5.82 Å². The van der Waals surface area contributed by atoms with Crippen molar-refractivity contribution in [2.45, 2.75) is 0 Å². The van der Waals surface area contributed by atoms with E-state index in [2.05, 4.69) is 20.7 Å². The summed E-state index contributed by atoms with van der Waals surface area (Å²) in [5, 5.41) is 18.5. The van der Waals surface area contributed by atoms with E-state index in [1.165, 1.54) is 31.4 Å². The summed E-state index contributed by atoms with van der Waals surface area (Å²) in [6.07, 6.45) is 1.47. The minimum absolute atomic E-state index is 0.00199. The second-order valence-corrected chi connectivity index (χ2v) is 7.13. The van der Waals surface area contributed by atoms with Gasteiger partial charge in [0.2, 0.25) is 5.88 Å². The molecule has 31 heavy (non-hydrogen) atoms. The Morgan fingerprint density at radius 1 is 1.19 bits per heavy atom. The highest BCUT2D eigenvalue weighted by molar-refractivity contribution is 6.38. The van der Waals surface area contributed by atoms with E-state index < -0.39 is 11.8 Å². The summed E-state index contributed by atoms with van der Waals surface area (Å²) in [4.78, 5) is 29.5. The molecule has 12 heteroatoms. The number of ether oxygens (including phenoxy) is 1. The predicted molar refractivity (Wildman–Crippen MR) is 115 cm³/mol. The maximum Gasteiger partial charge on any atom is 0.274 e. The van der Waals surface area contributed by atoms with Crippen LogP contribution in [0.5, 0.6) is 5.88 Å². The lowest BCUT2D eigenvalue weighted by Crippen LogP contribution is -2.23. The SMILES string of the molecule is CNC(=O)c1cc(Cl)cc(Cl)c1NC(=O)c1cc(OCC#N)nn1-c1ncccc1Cl. The summed E-state index contributed by atoms with van der Waals surface area (Å²) in [5.41, 5.74) is 0.0911. The Hall–Kier alpha value is -3.32. The number of carbonyl (C=O) groups is 2. The molecule has 0 fully saturated rings. The number of nitrogens with zero attached hydrogens (tertiary/aromatic N) is 4. The van der Waals surface area contributed by atoms with Gasteiger partial charge in [0, 0.05) is 24.3 Å². The molecule has 2 heterocycles. The maximum absolute atomic E-state index is 13.1. The van der Waals surface area contributed by atoms with E-state index in [-0.39, 0.29) is 50.3 Å². The van der Waals surface area contributed by atoms with E-state index in [0.29, 0.717) is 0 Å². The third kappa shape index (κ3) is 4.88. The molecule has 2 amide bonds. The van der Waals surface area contributed by atoms with Gasteiger partial charge in [-0.05, 0) is 24.3 Å². The molecular formula is C19H13Cl3N6O3. The fourth-order valence-electron chi connectivity index (χ4n) is 2.58. The van der Waals surface area contributed by atoms with Crippen LogP contribution in [0.15, 0.2) is 36.5 Å². The molecule has 0 spiro atoms. The molecule has 0 aliphatic heterocycles. The van der Waals surface area contributed by atoms with Crippen LogP contribution in [-0.2, 0) is 0 Å². The van der Waals surface area contributed by atoms with Gasteiger partial charge in [0.1, 0.15) is 11.8 Å². The number of carbonyl (C=O) groups excluding carboxylic acids is 2. The molecule has 0 atom stereocenters. The number of nitrogens with one attached hydrogen (secondary N) is 2. The molecule has 0 saturated carbocycles. The van der Waals surface area contributed by atoms with Crippen molar-refractivity contribution in [2.24, 2.45) is 0 Å². The number of nitriles is 1. The van der Waals surface area contributed by atoms with E-state index in [1.807, 2.05) is 6.07 Å². The van der Waals surface area contributed by atoms with E-state index in [0.717, 1.165) is 4.68 Å². The summed E-state index contributed by atoms with van der Waals surface area (Å²) >= 11 is 18.4. The zero-order chi connectivity index (χ0) is 22.5. The van der Waals surface area contributed by atoms with Crippen molar-refractivity contribution < 1.29 is 14.3 Å². The van der Waals surface area contributed by atoms with E-state index in [4.69, 9.17) is 44.8 Å². The van der Waals surface area contributed by atoms with Gasteiger partial charge in [-0.3, -0.25) is 9.59 Å². The van der Waals surface area contributed by atoms with Gasteiger partial charge in [-0.15, -0.1) is 5.10 Å². The highest BCUT2D eigenvalue weighted by Crippen LogP contribution is 2.31. The van der Waals surface area contributed by atoms with Crippen molar-refractivity contribution in [2.75, 3.05) is 19.0 Å². The molecule has 2 N–H and O–H groups in total. The Balaban J connectivity index is 2.07. The average Bonchev–Trinajstić information content (AvgIpc) is 3.17. The standard InChI is InChI=1S/C19H13Cl3N6O3/c1-24-18(29)11-7-10(20)8-13(22)16(11)26-19(30)14-9-15(31-6-4-23)27-28(14)17-12(21)3-2-5-25-17/h2-3,5,7-9H,6H2,1H3,(H,24,29)(H,26,30). The lowest BCUT2D eigenvalue weighted by atomic mass is 10.1. The highest BCUT2D eigenvalue weighted by atomic mass is 35.5. The first-order chi connectivity index (χ1) is 14.8. The summed E-state index contributed by atoms with van der Waals surface area (Å²) in [5.74, 6) is -1.02. The number of rotatable bonds is 6. The van der Waals surface area contributed by atoms with Crippen LogP contribution in [0.4, 0.5) is 5.69 Å². The molecule has 0 radical (unpaired) electrons. The fourth-order valence-corrected chi connectivity index (χ4v) is 3.33. The van der Waals surface area contributed by atoms with E-state index >= 15 is 0 Å². The zero-order valence-electron chi connectivity index (χ0n) is 15.8. The van der Waals surface area contributed by atoms with Crippen molar-refractivity contribution in [1.82, 2.24) is 20.1 Å². The second-order valence-electron chi connectivity index (χ2n) is 5.88. The first-order valence-corrected chi connectivity index (χ1v) is 9.72. The maximum atomic E-state index is 13.1. The van der Waals surface area contributed by atoms with Crippen LogP contribution in [0.3, 0.4) is 0 Å². The largest absolute Gasteiger partial charge is 0.461 e. The lowest BCUT2D eigenvalue weighted by molar-refractivity contribution is 0.0964. The van der Waals surface area contributed by atoms with Gasteiger partial charge < -0.3 is 15.4 Å². The molecule has 1 aromatic carbocycles. The smallest absolute Gasteiger partial charge is 0.274 e. The number of amides is 2. The lowest BCUT2D eigenvalue weighted by Gasteiger charge is -2.13. The molecule has 0 aliphatic rings. The van der Waals surface area contributed by atoms with Gasteiger partial charge in [-0.25, -0.2) is 9.67 Å². The predicted octanol–water partition coefficient (Wildman–Crippen LogP) is 3.74. The van der Waals surface area contributed by atoms with Crippen LogP contribution in [0.1, 0.15) is 20.8 Å². The van der Waals surface area contributed by atoms with Gasteiger partial charge in [0.05, 0.1) is 21.3 Å². The van der Waals surface area contributed by atoms with Gasteiger partial charge >= 0.3 is 0 Å². The molecule has 158 valence electrons. The zero-order valence-corrected chi connectivity index (χ0v) is 18.1. The van der Waals surface area contributed by atoms with Crippen molar-refractivity contribution in [3.63, 3.8) is 0 Å². The number of halogens is 3. The number of hydrogen-bond donors (Lipinski definition) is 2. The topological polar surface area (TPSA) is 122 Å². The number of hydrogen-bond acceptors (Lipinski definition) is 6. The summed E-state index contributed by atoms with van der Waals surface area (Å²) < 4.78 is 6.37. The number of anilines is 1. The minimum Gasteiger partial charge on any atom is -0.461 e. The monoisotopic (exact) mass is 478 g/mol. The molecule has 3 aromatic rings. The van der Waals surface area contributed by atoms with Crippen molar-refractivity contribution in [3.8, 4) is 17.8 Å². The second kappa shape index (κ2) is 9.66. The third-order valence-electron chi connectivity index (χ3n) is 3.91. The van der Waals surface area contributed by atoms with Gasteiger partial charge in [-0.2, -0.15) is 5.26 Å². The molecule has 9 nitrogen and oxygen atoms in total. The Bertz CT molecular complexity index is 1210. The summed E-state index contributed by atoms with van der Waals surface area (Å²) in [7, 11) is 1.43. The third-order valence-corrected chi connectivity index (χ3v) is 4.72. The quantitative estimate of drug-likeness (QED) is 0.555. The molecule has 3 rings (SSSR count). The average molecular weight is 480 g/mol. The molecular weight excluding hydrogens is 467 g/mol. The molecule has 0 bridgehead atoms. The molecule has 0 saturated heterocycles. The first-order valence-electron chi connectivity index (χ1n) is 8.59. The van der Waals surface area contributed by atoms with Gasteiger partial charge in [0.15, 0.2) is 12.4 Å². The Kier molecular flexibility index (Phi) is 6.97. The van der Waals surface area contributed by atoms with Crippen LogP contribution in [-0.4, -0.2) is 40.2 Å². The van der Waals surface area contributed by atoms with Gasteiger partial charge in [-0.1, -0.05) is 34.8 Å². The normalized spacial score (nSPS) is 10.3. The Morgan fingerprint density at radius 2 is 1.97 bits per heavy atom.